The van der Waals surface area contributed by atoms with Gasteiger partial charge >= 0.3 is 0 Å². The molecule has 0 radical (unpaired) electrons. The molecule has 0 atom stereocenters. The van der Waals surface area contributed by atoms with E-state index in [4.69, 9.17) is 16.0 Å². The number of oxazole rings is 1. The lowest BCUT2D eigenvalue weighted by molar-refractivity contribution is -0.384. The largest absolute Gasteiger partial charge is 0.431 e. The Morgan fingerprint density at radius 2 is 2.16 bits per heavy atom. The van der Waals surface area contributed by atoms with Gasteiger partial charge in [-0.2, -0.15) is 0 Å². The van der Waals surface area contributed by atoms with Crippen molar-refractivity contribution in [3.63, 3.8) is 0 Å². The first-order valence-electron chi connectivity index (χ1n) is 6.85. The standard InChI is InChI=1S/C15H9ClFN3O4S/c16-8-1-4-11-13(5-8)24-15(19-11)25-7-14(21)18-12-6-9(20(22)23)2-3-10(12)17/h1-6H,7H2,(H,18,21). The molecule has 0 bridgehead atoms. The molecule has 10 heteroatoms. The molecular formula is C15H9ClFN3O4S. The summed E-state index contributed by atoms with van der Waals surface area (Å²) in [5.41, 5.74) is 0.501. The topological polar surface area (TPSA) is 98.3 Å². The number of rotatable bonds is 5. The minimum absolute atomic E-state index is 0.108. The third kappa shape index (κ3) is 4.06. The van der Waals surface area contributed by atoms with Crippen LogP contribution in [0.5, 0.6) is 0 Å². The molecule has 1 heterocycles. The number of nitrogens with zero attached hydrogens (tertiary/aromatic N) is 2. The molecular weight excluding hydrogens is 373 g/mol. The maximum Gasteiger partial charge on any atom is 0.271 e. The van der Waals surface area contributed by atoms with Crippen LogP contribution in [0.3, 0.4) is 0 Å². The third-order valence-electron chi connectivity index (χ3n) is 3.09. The number of aromatic nitrogens is 1. The Hall–Kier alpha value is -2.65. The van der Waals surface area contributed by atoms with Crippen molar-refractivity contribution in [2.75, 3.05) is 11.1 Å². The number of hydrogen-bond acceptors (Lipinski definition) is 6. The van der Waals surface area contributed by atoms with Gasteiger partial charge in [-0.15, -0.1) is 0 Å². The molecule has 0 unspecified atom stereocenters. The highest BCUT2D eigenvalue weighted by Gasteiger charge is 2.14. The number of nitro benzene ring substituents is 1. The lowest BCUT2D eigenvalue weighted by Crippen LogP contribution is -2.15. The first-order valence-corrected chi connectivity index (χ1v) is 8.21. The number of carbonyl (C=O) groups is 1. The number of fused-ring (bicyclic) bond motifs is 1. The van der Waals surface area contributed by atoms with E-state index in [2.05, 4.69) is 10.3 Å². The van der Waals surface area contributed by atoms with Crippen LogP contribution in [-0.2, 0) is 4.79 Å². The average Bonchev–Trinajstić information content (AvgIpc) is 2.96. The van der Waals surface area contributed by atoms with Crippen LogP contribution in [0.2, 0.25) is 5.02 Å². The van der Waals surface area contributed by atoms with E-state index in [1.165, 1.54) is 0 Å². The summed E-state index contributed by atoms with van der Waals surface area (Å²) in [6.07, 6.45) is 0. The second-order valence-electron chi connectivity index (χ2n) is 4.85. The second-order valence-corrected chi connectivity index (χ2v) is 6.21. The highest BCUT2D eigenvalue weighted by atomic mass is 35.5. The lowest BCUT2D eigenvalue weighted by atomic mass is 10.2. The quantitative estimate of drug-likeness (QED) is 0.403. The zero-order valence-corrected chi connectivity index (χ0v) is 13.9. The minimum atomic E-state index is -0.763. The Kier molecular flexibility index (Phi) is 4.86. The van der Waals surface area contributed by atoms with Crippen molar-refractivity contribution in [2.24, 2.45) is 0 Å². The van der Waals surface area contributed by atoms with Crippen LogP contribution < -0.4 is 5.32 Å². The van der Waals surface area contributed by atoms with Crippen LogP contribution in [0.25, 0.3) is 11.1 Å². The number of carbonyl (C=O) groups excluding carboxylic acids is 1. The van der Waals surface area contributed by atoms with Crippen LogP contribution in [0.1, 0.15) is 0 Å². The van der Waals surface area contributed by atoms with Gasteiger partial charge in [0.05, 0.1) is 16.4 Å². The molecule has 7 nitrogen and oxygen atoms in total. The summed E-state index contributed by atoms with van der Waals surface area (Å²) in [5, 5.41) is 13.8. The van der Waals surface area contributed by atoms with E-state index in [1.807, 2.05) is 0 Å². The van der Waals surface area contributed by atoms with Crippen LogP contribution in [-0.4, -0.2) is 21.6 Å². The SMILES string of the molecule is O=C(CSc1nc2ccc(Cl)cc2o1)Nc1cc([N+](=O)[O-])ccc1F. The van der Waals surface area contributed by atoms with E-state index in [9.17, 15) is 19.3 Å². The Balaban J connectivity index is 1.66. The molecule has 0 spiro atoms. The van der Waals surface area contributed by atoms with Gasteiger partial charge in [0.2, 0.25) is 5.91 Å². The fourth-order valence-corrected chi connectivity index (χ4v) is 2.78. The van der Waals surface area contributed by atoms with Gasteiger partial charge in [0.15, 0.2) is 5.58 Å². The smallest absolute Gasteiger partial charge is 0.271 e. The van der Waals surface area contributed by atoms with Crippen molar-refractivity contribution < 1.29 is 18.5 Å². The molecule has 1 aromatic heterocycles. The number of benzene rings is 2. The predicted molar refractivity (Wildman–Crippen MR) is 91.4 cm³/mol. The van der Waals surface area contributed by atoms with Gasteiger partial charge in [-0.3, -0.25) is 14.9 Å². The number of anilines is 1. The molecule has 2 aromatic carbocycles. The molecule has 0 fully saturated rings. The zero-order chi connectivity index (χ0) is 18.0. The summed E-state index contributed by atoms with van der Waals surface area (Å²) in [4.78, 5) is 26.1. The molecule has 0 aliphatic rings. The van der Waals surface area contributed by atoms with Crippen LogP contribution in [0, 0.1) is 15.9 Å². The summed E-state index contributed by atoms with van der Waals surface area (Å²) in [7, 11) is 0. The van der Waals surface area contributed by atoms with Gasteiger partial charge in [0.25, 0.3) is 10.9 Å². The zero-order valence-electron chi connectivity index (χ0n) is 12.4. The monoisotopic (exact) mass is 381 g/mol. The number of hydrogen-bond donors (Lipinski definition) is 1. The summed E-state index contributed by atoms with van der Waals surface area (Å²) >= 11 is 6.86. The van der Waals surface area contributed by atoms with Crippen LogP contribution >= 0.6 is 23.4 Å². The molecule has 0 aliphatic heterocycles. The normalized spacial score (nSPS) is 10.8. The number of amides is 1. The summed E-state index contributed by atoms with van der Waals surface area (Å²) in [6, 6.07) is 7.85. The Morgan fingerprint density at radius 1 is 1.36 bits per heavy atom. The molecule has 0 aliphatic carbocycles. The highest BCUT2D eigenvalue weighted by Crippen LogP contribution is 2.26. The van der Waals surface area contributed by atoms with E-state index in [-0.39, 0.29) is 22.4 Å². The predicted octanol–water partition coefficient (Wildman–Crippen LogP) is 4.26. The first-order chi connectivity index (χ1) is 11.9. The summed E-state index contributed by atoms with van der Waals surface area (Å²) in [5.74, 6) is -1.42. The Bertz CT molecular complexity index is 979. The van der Waals surface area contributed by atoms with Crippen molar-refractivity contribution in [1.29, 1.82) is 0 Å². The van der Waals surface area contributed by atoms with Crippen molar-refractivity contribution in [3.8, 4) is 0 Å². The Labute approximate surface area is 149 Å². The molecule has 128 valence electrons. The van der Waals surface area contributed by atoms with Gasteiger partial charge in [-0.1, -0.05) is 23.4 Å². The number of halogens is 2. The lowest BCUT2D eigenvalue weighted by Gasteiger charge is -2.05. The minimum Gasteiger partial charge on any atom is -0.431 e. The van der Waals surface area contributed by atoms with Gasteiger partial charge < -0.3 is 9.73 Å². The van der Waals surface area contributed by atoms with Crippen molar-refractivity contribution >= 4 is 51.7 Å². The van der Waals surface area contributed by atoms with E-state index in [0.717, 1.165) is 30.0 Å². The molecule has 0 saturated carbocycles. The number of non-ortho nitro benzene ring substituents is 1. The third-order valence-corrected chi connectivity index (χ3v) is 4.16. The van der Waals surface area contributed by atoms with E-state index in [0.29, 0.717) is 16.1 Å². The highest BCUT2D eigenvalue weighted by molar-refractivity contribution is 7.99. The number of thioether (sulfide) groups is 1. The number of nitrogens with one attached hydrogen (secondary N) is 1. The molecule has 1 amide bonds. The fourth-order valence-electron chi connectivity index (χ4n) is 1.98. The first kappa shape index (κ1) is 17.2. The second kappa shape index (κ2) is 7.08. The summed E-state index contributed by atoms with van der Waals surface area (Å²) < 4.78 is 19.1. The average molecular weight is 382 g/mol. The molecule has 1 N–H and O–H groups in total. The van der Waals surface area contributed by atoms with Gasteiger partial charge in [0, 0.05) is 23.2 Å². The molecule has 0 saturated heterocycles. The molecule has 3 rings (SSSR count). The molecule has 25 heavy (non-hydrogen) atoms. The van der Waals surface area contributed by atoms with E-state index in [1.54, 1.807) is 18.2 Å². The Morgan fingerprint density at radius 3 is 2.92 bits per heavy atom. The van der Waals surface area contributed by atoms with Gasteiger partial charge in [0.1, 0.15) is 11.3 Å². The van der Waals surface area contributed by atoms with Gasteiger partial charge in [-0.05, 0) is 18.2 Å². The van der Waals surface area contributed by atoms with Crippen LogP contribution in [0.15, 0.2) is 46.0 Å². The van der Waals surface area contributed by atoms with E-state index >= 15 is 0 Å². The van der Waals surface area contributed by atoms with Crippen molar-refractivity contribution in [3.05, 3.63) is 57.4 Å². The summed E-state index contributed by atoms with van der Waals surface area (Å²) in [6.45, 7) is 0. The fraction of sp³-hybridized carbons (Fsp3) is 0.0667. The molecule has 3 aromatic rings. The van der Waals surface area contributed by atoms with Crippen molar-refractivity contribution in [1.82, 2.24) is 4.98 Å². The van der Waals surface area contributed by atoms with Crippen LogP contribution in [0.4, 0.5) is 15.8 Å². The van der Waals surface area contributed by atoms with E-state index < -0.39 is 16.6 Å². The maximum atomic E-state index is 13.6. The van der Waals surface area contributed by atoms with Crippen molar-refractivity contribution in [2.45, 2.75) is 5.22 Å². The maximum absolute atomic E-state index is 13.6. The van der Waals surface area contributed by atoms with Gasteiger partial charge in [-0.25, -0.2) is 9.37 Å². The number of nitro groups is 1.